The quantitative estimate of drug-likeness (QED) is 0.779. The van der Waals surface area contributed by atoms with Crippen molar-refractivity contribution >= 4 is 10.0 Å². The number of nitrogens with one attached hydrogen (secondary N) is 1. The summed E-state index contributed by atoms with van der Waals surface area (Å²) in [5, 5.41) is 0.0385. The van der Waals surface area contributed by atoms with Crippen molar-refractivity contribution in [3.63, 3.8) is 0 Å². The van der Waals surface area contributed by atoms with E-state index in [1.165, 1.54) is 6.20 Å². The van der Waals surface area contributed by atoms with E-state index in [1.807, 2.05) is 13.8 Å². The minimum Gasteiger partial charge on any atom is -0.337 e. The Labute approximate surface area is 102 Å². The highest BCUT2D eigenvalue weighted by molar-refractivity contribution is 7.89. The Morgan fingerprint density at radius 1 is 1.53 bits per heavy atom. The Morgan fingerprint density at radius 2 is 2.12 bits per heavy atom. The Hall–Kier alpha value is -0.920. The molecule has 0 amide bonds. The summed E-state index contributed by atoms with van der Waals surface area (Å²) in [6.45, 7) is 5.86. The first kappa shape index (κ1) is 14.1. The van der Waals surface area contributed by atoms with Gasteiger partial charge in [0.25, 0.3) is 10.0 Å². The molecule has 0 radical (unpaired) electrons. The first-order valence-corrected chi connectivity index (χ1v) is 6.98. The van der Waals surface area contributed by atoms with E-state index in [2.05, 4.69) is 9.71 Å². The molecular weight excluding hydrogens is 240 g/mol. The zero-order valence-electron chi connectivity index (χ0n) is 10.6. The van der Waals surface area contributed by atoms with Gasteiger partial charge in [0.1, 0.15) is 5.82 Å². The smallest absolute Gasteiger partial charge is 0.259 e. The Kier molecular flexibility index (Phi) is 4.29. The van der Waals surface area contributed by atoms with Crippen LogP contribution in [0.5, 0.6) is 0 Å². The lowest BCUT2D eigenvalue weighted by Crippen LogP contribution is -2.43. The van der Waals surface area contributed by atoms with Crippen LogP contribution in [-0.4, -0.2) is 30.6 Å². The summed E-state index contributed by atoms with van der Waals surface area (Å²) in [5.41, 5.74) is 5.54. The van der Waals surface area contributed by atoms with Gasteiger partial charge in [-0.15, -0.1) is 0 Å². The van der Waals surface area contributed by atoms with Crippen LogP contribution in [0.3, 0.4) is 0 Å². The average Bonchev–Trinajstić information content (AvgIpc) is 2.56. The fraction of sp³-hybridized carbons (Fsp3) is 0.700. The van der Waals surface area contributed by atoms with Crippen molar-refractivity contribution in [1.82, 2.24) is 14.3 Å². The van der Waals surface area contributed by atoms with Gasteiger partial charge >= 0.3 is 0 Å². The molecule has 0 aromatic carbocycles. The Morgan fingerprint density at radius 3 is 2.47 bits per heavy atom. The van der Waals surface area contributed by atoms with Gasteiger partial charge in [-0.25, -0.2) is 18.1 Å². The van der Waals surface area contributed by atoms with E-state index in [9.17, 15) is 8.42 Å². The van der Waals surface area contributed by atoms with Crippen LogP contribution in [0.2, 0.25) is 0 Å². The largest absolute Gasteiger partial charge is 0.337 e. The van der Waals surface area contributed by atoms with Crippen LogP contribution in [0, 0.1) is 12.8 Å². The Balaban J connectivity index is 2.96. The number of rotatable bonds is 5. The van der Waals surface area contributed by atoms with Crippen LogP contribution in [0.4, 0.5) is 0 Å². The van der Waals surface area contributed by atoms with Crippen LogP contribution in [-0.2, 0) is 17.1 Å². The summed E-state index contributed by atoms with van der Waals surface area (Å²) in [4.78, 5) is 4.00. The number of nitrogens with two attached hydrogens (primary N) is 1. The average molecular weight is 260 g/mol. The lowest BCUT2D eigenvalue weighted by Gasteiger charge is -2.19. The number of sulfonamides is 1. The van der Waals surface area contributed by atoms with Crippen LogP contribution < -0.4 is 10.5 Å². The highest BCUT2D eigenvalue weighted by atomic mass is 32.2. The van der Waals surface area contributed by atoms with Gasteiger partial charge < -0.3 is 10.3 Å². The molecule has 6 nitrogen and oxygen atoms in total. The van der Waals surface area contributed by atoms with Gasteiger partial charge in [0, 0.05) is 25.8 Å². The molecule has 17 heavy (non-hydrogen) atoms. The summed E-state index contributed by atoms with van der Waals surface area (Å²) >= 11 is 0. The van der Waals surface area contributed by atoms with Crippen molar-refractivity contribution in [2.75, 3.05) is 6.54 Å². The maximum Gasteiger partial charge on any atom is 0.259 e. The van der Waals surface area contributed by atoms with E-state index in [4.69, 9.17) is 5.73 Å². The molecule has 0 aliphatic rings. The summed E-state index contributed by atoms with van der Waals surface area (Å²) in [7, 11) is -1.83. The maximum atomic E-state index is 12.0. The molecule has 0 bridgehead atoms. The number of aryl methyl sites for hydroxylation is 2. The monoisotopic (exact) mass is 260 g/mol. The summed E-state index contributed by atoms with van der Waals surface area (Å²) in [6.07, 6.45) is 1.49. The molecule has 1 atom stereocenters. The van der Waals surface area contributed by atoms with E-state index >= 15 is 0 Å². The molecule has 1 heterocycles. The third-order valence-electron chi connectivity index (χ3n) is 2.73. The van der Waals surface area contributed by atoms with Crippen molar-refractivity contribution < 1.29 is 8.42 Å². The summed E-state index contributed by atoms with van der Waals surface area (Å²) < 4.78 is 28.3. The predicted octanol–water partition coefficient (Wildman–Crippen LogP) is -0.00988. The van der Waals surface area contributed by atoms with Gasteiger partial charge in [0.05, 0.1) is 0 Å². The third-order valence-corrected chi connectivity index (χ3v) is 4.09. The summed E-state index contributed by atoms with van der Waals surface area (Å²) in [6, 6.07) is -0.276. The first-order chi connectivity index (χ1) is 7.77. The number of hydrogen-bond acceptors (Lipinski definition) is 4. The molecule has 0 aliphatic carbocycles. The van der Waals surface area contributed by atoms with E-state index < -0.39 is 10.0 Å². The van der Waals surface area contributed by atoms with Gasteiger partial charge in [-0.1, -0.05) is 13.8 Å². The van der Waals surface area contributed by atoms with Crippen molar-refractivity contribution in [3.8, 4) is 0 Å². The predicted molar refractivity (Wildman–Crippen MR) is 65.9 cm³/mol. The number of aromatic nitrogens is 2. The zero-order valence-corrected chi connectivity index (χ0v) is 11.5. The fourth-order valence-corrected chi connectivity index (χ4v) is 2.81. The lowest BCUT2D eigenvalue weighted by molar-refractivity contribution is 0.454. The molecule has 0 saturated carbocycles. The first-order valence-electron chi connectivity index (χ1n) is 5.50. The summed E-state index contributed by atoms with van der Waals surface area (Å²) in [5.74, 6) is 0.791. The van der Waals surface area contributed by atoms with E-state index in [0.29, 0.717) is 5.82 Å². The normalized spacial score (nSPS) is 14.2. The molecule has 1 aromatic rings. The number of nitrogens with zero attached hydrogens (tertiary/aromatic N) is 2. The molecule has 1 rings (SSSR count). The van der Waals surface area contributed by atoms with E-state index in [-0.39, 0.29) is 23.5 Å². The Bertz CT molecular complexity index is 459. The molecule has 98 valence electrons. The maximum absolute atomic E-state index is 12.0. The van der Waals surface area contributed by atoms with Gasteiger partial charge in [0.15, 0.2) is 5.03 Å². The molecule has 1 aromatic heterocycles. The van der Waals surface area contributed by atoms with Crippen LogP contribution >= 0.6 is 0 Å². The van der Waals surface area contributed by atoms with Crippen LogP contribution in [0.1, 0.15) is 19.7 Å². The second-order valence-electron chi connectivity index (χ2n) is 4.44. The molecule has 0 aliphatic heterocycles. The zero-order chi connectivity index (χ0) is 13.2. The van der Waals surface area contributed by atoms with E-state index in [1.54, 1.807) is 18.5 Å². The minimum atomic E-state index is -3.58. The van der Waals surface area contributed by atoms with Crippen molar-refractivity contribution in [1.29, 1.82) is 0 Å². The topological polar surface area (TPSA) is 90.0 Å². The van der Waals surface area contributed by atoms with E-state index in [0.717, 1.165) is 0 Å². The highest BCUT2D eigenvalue weighted by Gasteiger charge is 2.23. The minimum absolute atomic E-state index is 0.0385. The number of hydrogen-bond donors (Lipinski definition) is 2. The second kappa shape index (κ2) is 5.16. The van der Waals surface area contributed by atoms with Crippen molar-refractivity contribution in [2.24, 2.45) is 18.7 Å². The molecule has 0 fully saturated rings. The van der Waals surface area contributed by atoms with Crippen molar-refractivity contribution in [2.45, 2.75) is 31.8 Å². The standard InChI is InChI=1S/C10H20N4O2S/c1-7(2)9(5-11)13-17(15,16)10-6-14(4)8(3)12-10/h6-7,9,13H,5,11H2,1-4H3. The van der Waals surface area contributed by atoms with Gasteiger partial charge in [0.2, 0.25) is 0 Å². The third kappa shape index (κ3) is 3.27. The van der Waals surface area contributed by atoms with Crippen LogP contribution in [0.25, 0.3) is 0 Å². The van der Waals surface area contributed by atoms with Gasteiger partial charge in [-0.3, -0.25) is 0 Å². The molecule has 7 heteroatoms. The lowest BCUT2D eigenvalue weighted by atomic mass is 10.1. The highest BCUT2D eigenvalue weighted by Crippen LogP contribution is 2.10. The SMILES string of the molecule is Cc1nc(S(=O)(=O)NC(CN)C(C)C)cn1C. The molecule has 0 spiro atoms. The van der Waals surface area contributed by atoms with Gasteiger partial charge in [-0.05, 0) is 12.8 Å². The van der Waals surface area contributed by atoms with Crippen molar-refractivity contribution in [3.05, 3.63) is 12.0 Å². The van der Waals surface area contributed by atoms with Crippen LogP contribution in [0.15, 0.2) is 11.2 Å². The molecular formula is C10H20N4O2S. The van der Waals surface area contributed by atoms with Gasteiger partial charge in [-0.2, -0.15) is 0 Å². The fourth-order valence-electron chi connectivity index (χ4n) is 1.37. The molecule has 3 N–H and O–H groups in total. The molecule has 0 saturated heterocycles. The second-order valence-corrected chi connectivity index (χ2v) is 6.11. The molecule has 1 unspecified atom stereocenters. The number of imidazole rings is 1.